The number of aryl methyl sites for hydroxylation is 2. The molecule has 4 heterocycles. The van der Waals surface area contributed by atoms with Crippen LogP contribution >= 0.6 is 0 Å². The van der Waals surface area contributed by atoms with E-state index in [4.69, 9.17) is 9.72 Å². The maximum Gasteiger partial charge on any atom is 0.314 e. The lowest BCUT2D eigenvalue weighted by atomic mass is 9.93. The van der Waals surface area contributed by atoms with Crippen LogP contribution in [0.2, 0.25) is 25.7 Å². The van der Waals surface area contributed by atoms with Crippen molar-refractivity contribution in [1.29, 1.82) is 0 Å². The van der Waals surface area contributed by atoms with E-state index in [0.29, 0.717) is 40.7 Å². The molecule has 0 saturated carbocycles. The Bertz CT molecular complexity index is 1440. The molecular formula is C25H26F2N2O4Si. The summed E-state index contributed by atoms with van der Waals surface area (Å²) in [5.41, 5.74) is 3.06. The van der Waals surface area contributed by atoms with Gasteiger partial charge in [-0.1, -0.05) is 32.6 Å². The molecule has 0 saturated heterocycles. The van der Waals surface area contributed by atoms with E-state index in [1.165, 1.54) is 4.57 Å². The number of pyridine rings is 2. The maximum atomic E-state index is 14.8. The topological polar surface area (TPSA) is 81.4 Å². The summed E-state index contributed by atoms with van der Waals surface area (Å²) in [6.45, 7) is 8.73. The van der Waals surface area contributed by atoms with Crippen LogP contribution in [0.15, 0.2) is 16.9 Å². The summed E-state index contributed by atoms with van der Waals surface area (Å²) in [7, 11) is -1.49. The van der Waals surface area contributed by atoms with Gasteiger partial charge in [-0.2, -0.15) is 0 Å². The molecule has 178 valence electrons. The first kappa shape index (κ1) is 22.9. The smallest absolute Gasteiger partial charge is 0.314 e. The number of halogens is 2. The lowest BCUT2D eigenvalue weighted by molar-refractivity contribution is -0.138. The highest BCUT2D eigenvalue weighted by Gasteiger charge is 2.35. The van der Waals surface area contributed by atoms with Crippen molar-refractivity contribution < 1.29 is 23.4 Å². The van der Waals surface area contributed by atoms with Crippen LogP contribution in [0.1, 0.15) is 41.7 Å². The largest absolute Gasteiger partial charge is 0.420 e. The van der Waals surface area contributed by atoms with Crippen molar-refractivity contribution in [3.8, 4) is 17.1 Å². The summed E-state index contributed by atoms with van der Waals surface area (Å²) in [6, 6.07) is 3.68. The van der Waals surface area contributed by atoms with Gasteiger partial charge >= 0.3 is 5.97 Å². The van der Waals surface area contributed by atoms with Crippen LogP contribution in [0, 0.1) is 11.6 Å². The van der Waals surface area contributed by atoms with Gasteiger partial charge in [0.1, 0.15) is 0 Å². The summed E-state index contributed by atoms with van der Waals surface area (Å²) < 4.78 is 36.0. The average Bonchev–Trinajstić information content (AvgIpc) is 3.11. The molecule has 0 bridgehead atoms. The third-order valence-corrected chi connectivity index (χ3v) is 8.49. The fourth-order valence-electron chi connectivity index (χ4n) is 4.99. The molecule has 0 unspecified atom stereocenters. The Morgan fingerprint density at radius 3 is 2.62 bits per heavy atom. The monoisotopic (exact) mass is 484 g/mol. The second-order valence-corrected chi connectivity index (χ2v) is 15.9. The van der Waals surface area contributed by atoms with Crippen molar-refractivity contribution in [3.05, 3.63) is 56.4 Å². The number of aromatic nitrogens is 2. The van der Waals surface area contributed by atoms with Crippen molar-refractivity contribution in [2.75, 3.05) is 0 Å². The van der Waals surface area contributed by atoms with E-state index in [0.717, 1.165) is 23.2 Å². The standard InChI is InChI=1S/C25H26F2N2O4Si/c1-5-12-21-13(6-7-34(2,3)4)15-11-29-18(23(15)28-17(21)9-16(26)22(12)27)8-14-19(30)10-20(31)33-24(14)25(29)32/h8-9,19,30H,5-7,10-11H2,1-4H3/t19-/m1/s1. The molecule has 1 atom stereocenters. The molecule has 3 aromatic rings. The van der Waals surface area contributed by atoms with Gasteiger partial charge in [0, 0.05) is 36.2 Å². The molecule has 0 radical (unpaired) electrons. The van der Waals surface area contributed by atoms with Crippen molar-refractivity contribution >= 4 is 24.9 Å². The first-order chi connectivity index (χ1) is 16.0. The minimum absolute atomic E-state index is 0.167. The SMILES string of the molecule is CCc1c(F)c(F)cc2nc3c(c(CC[Si](C)(C)C)c12)Cn1c-3cc2c(c1=O)OC(=O)C[C@H]2O. The van der Waals surface area contributed by atoms with Gasteiger partial charge in [0.05, 0.1) is 36.0 Å². The Hall–Kier alpha value is -2.91. The van der Waals surface area contributed by atoms with Crippen molar-refractivity contribution in [1.82, 2.24) is 9.55 Å². The number of ether oxygens (including phenoxy) is 1. The fourth-order valence-corrected chi connectivity index (χ4v) is 5.99. The first-order valence-electron chi connectivity index (χ1n) is 11.5. The Kier molecular flexibility index (Phi) is 5.25. The molecule has 0 spiro atoms. The van der Waals surface area contributed by atoms with E-state index in [2.05, 4.69) is 19.6 Å². The Morgan fingerprint density at radius 2 is 1.94 bits per heavy atom. The van der Waals surface area contributed by atoms with E-state index in [1.54, 1.807) is 13.0 Å². The van der Waals surface area contributed by atoms with Crippen LogP contribution in [-0.2, 0) is 24.2 Å². The predicted octanol–water partition coefficient (Wildman–Crippen LogP) is 4.49. The summed E-state index contributed by atoms with van der Waals surface area (Å²) >= 11 is 0. The summed E-state index contributed by atoms with van der Waals surface area (Å²) in [6.07, 6.45) is -0.414. The van der Waals surface area contributed by atoms with Crippen molar-refractivity contribution in [2.24, 2.45) is 0 Å². The molecule has 5 rings (SSSR count). The molecule has 1 N–H and O–H groups in total. The zero-order valence-electron chi connectivity index (χ0n) is 19.6. The number of nitrogens with zero attached hydrogens (tertiary/aromatic N) is 2. The van der Waals surface area contributed by atoms with E-state index < -0.39 is 37.3 Å². The molecule has 34 heavy (non-hydrogen) atoms. The van der Waals surface area contributed by atoms with E-state index >= 15 is 0 Å². The number of hydrogen-bond acceptors (Lipinski definition) is 5. The van der Waals surface area contributed by atoms with Crippen LogP contribution in [0.3, 0.4) is 0 Å². The van der Waals surface area contributed by atoms with Crippen LogP contribution in [0.4, 0.5) is 8.78 Å². The quantitative estimate of drug-likeness (QED) is 0.341. The highest BCUT2D eigenvalue weighted by Crippen LogP contribution is 2.41. The number of fused-ring (bicyclic) bond motifs is 5. The molecule has 6 nitrogen and oxygen atoms in total. The number of carbonyl (C=O) groups is 1. The van der Waals surface area contributed by atoms with Crippen molar-refractivity contribution in [2.45, 2.75) is 64.5 Å². The normalized spacial score (nSPS) is 16.9. The number of aliphatic hydroxyl groups is 1. The predicted molar refractivity (Wildman–Crippen MR) is 127 cm³/mol. The molecule has 2 aromatic heterocycles. The highest BCUT2D eigenvalue weighted by molar-refractivity contribution is 6.76. The lowest BCUT2D eigenvalue weighted by Crippen LogP contribution is -2.30. The second-order valence-electron chi connectivity index (χ2n) is 10.3. The molecule has 0 aliphatic carbocycles. The van der Waals surface area contributed by atoms with Gasteiger partial charge in [0.25, 0.3) is 5.56 Å². The van der Waals surface area contributed by atoms with Crippen LogP contribution in [0.25, 0.3) is 22.3 Å². The maximum absolute atomic E-state index is 14.8. The van der Waals surface area contributed by atoms with Gasteiger partial charge in [-0.05, 0) is 24.5 Å². The van der Waals surface area contributed by atoms with Gasteiger partial charge in [-0.3, -0.25) is 14.2 Å². The molecule has 0 amide bonds. The average molecular weight is 485 g/mol. The Labute approximate surface area is 196 Å². The van der Waals surface area contributed by atoms with Crippen LogP contribution in [-0.4, -0.2) is 28.7 Å². The zero-order valence-corrected chi connectivity index (χ0v) is 20.6. The summed E-state index contributed by atoms with van der Waals surface area (Å²) in [5, 5.41) is 11.0. The molecule has 0 fully saturated rings. The number of esters is 1. The third-order valence-electron chi connectivity index (χ3n) is 6.74. The number of carbonyl (C=O) groups excluding carboxylic acids is 1. The number of hydrogen-bond donors (Lipinski definition) is 1. The summed E-state index contributed by atoms with van der Waals surface area (Å²) in [5.74, 6) is -2.63. The van der Waals surface area contributed by atoms with E-state index in [-0.39, 0.29) is 24.3 Å². The third kappa shape index (κ3) is 3.49. The van der Waals surface area contributed by atoms with Gasteiger partial charge in [0.2, 0.25) is 5.75 Å². The molecule has 2 aliphatic rings. The first-order valence-corrected chi connectivity index (χ1v) is 15.2. The number of benzene rings is 1. The molecule has 1 aromatic carbocycles. The van der Waals surface area contributed by atoms with Gasteiger partial charge < -0.3 is 9.84 Å². The van der Waals surface area contributed by atoms with Gasteiger partial charge in [-0.25, -0.2) is 13.8 Å². The lowest BCUT2D eigenvalue weighted by Gasteiger charge is -2.21. The second kappa shape index (κ2) is 7.81. The molecule has 2 aliphatic heterocycles. The van der Waals surface area contributed by atoms with Gasteiger partial charge in [-0.15, -0.1) is 0 Å². The molecule has 9 heteroatoms. The minimum Gasteiger partial charge on any atom is -0.420 e. The van der Waals surface area contributed by atoms with E-state index in [1.807, 2.05) is 0 Å². The minimum atomic E-state index is -1.49. The highest BCUT2D eigenvalue weighted by atomic mass is 28.3. The molecular weight excluding hydrogens is 458 g/mol. The fraction of sp³-hybridized carbons (Fsp3) is 0.400. The zero-order chi connectivity index (χ0) is 24.5. The van der Waals surface area contributed by atoms with Crippen molar-refractivity contribution in [3.63, 3.8) is 0 Å². The van der Waals surface area contributed by atoms with E-state index in [9.17, 15) is 23.5 Å². The number of rotatable bonds is 4. The Balaban J connectivity index is 1.81. The Morgan fingerprint density at radius 1 is 1.21 bits per heavy atom. The van der Waals surface area contributed by atoms with Crippen LogP contribution < -0.4 is 10.3 Å². The van der Waals surface area contributed by atoms with Crippen LogP contribution in [0.5, 0.6) is 5.75 Å². The number of aliphatic hydroxyl groups excluding tert-OH is 1. The van der Waals surface area contributed by atoms with Gasteiger partial charge in [0.15, 0.2) is 11.6 Å². The summed E-state index contributed by atoms with van der Waals surface area (Å²) in [4.78, 5) is 29.8.